The number of rotatable bonds is 4. The van der Waals surface area contributed by atoms with Crippen LogP contribution in [-0.4, -0.2) is 34.2 Å². The van der Waals surface area contributed by atoms with Gasteiger partial charge in [0.15, 0.2) is 0 Å². The number of pyridine rings is 1. The van der Waals surface area contributed by atoms with Crippen molar-refractivity contribution in [3.05, 3.63) is 42.2 Å². The van der Waals surface area contributed by atoms with E-state index < -0.39 is 0 Å². The number of ether oxygens (including phenoxy) is 1. The molecule has 1 aromatic carbocycles. The summed E-state index contributed by atoms with van der Waals surface area (Å²) in [5, 5.41) is 13.2. The van der Waals surface area contributed by atoms with Gasteiger partial charge in [-0.1, -0.05) is 12.1 Å². The van der Waals surface area contributed by atoms with E-state index in [9.17, 15) is 0 Å². The molecule has 4 rings (SSSR count). The molecule has 0 radical (unpaired) electrons. The molecule has 1 aliphatic rings. The fraction of sp³-hybridized carbons (Fsp3) is 0.333. The topological polar surface area (TPSA) is 110 Å². The minimum atomic E-state index is 0.335. The Balaban J connectivity index is 1.66. The molecule has 0 atom stereocenters. The van der Waals surface area contributed by atoms with Crippen molar-refractivity contribution in [1.82, 2.24) is 15.0 Å². The molecule has 2 aromatic heterocycles. The lowest BCUT2D eigenvalue weighted by molar-refractivity contribution is 0.0681. The summed E-state index contributed by atoms with van der Waals surface area (Å²) in [5.74, 6) is 0.994. The number of benzene rings is 1. The van der Waals surface area contributed by atoms with Gasteiger partial charge >= 0.3 is 0 Å². The zero-order valence-electron chi connectivity index (χ0n) is 15.7. The first-order valence-corrected chi connectivity index (χ1v) is 9.39. The highest BCUT2D eigenvalue weighted by molar-refractivity contribution is 5.98. The number of nitrogens with two attached hydrogens (primary N) is 1. The predicted molar refractivity (Wildman–Crippen MR) is 109 cm³/mol. The summed E-state index contributed by atoms with van der Waals surface area (Å²) in [6.45, 7) is 0. The van der Waals surface area contributed by atoms with Crippen molar-refractivity contribution in [3.8, 4) is 17.2 Å². The van der Waals surface area contributed by atoms with E-state index in [2.05, 4.69) is 21.4 Å². The second-order valence-electron chi connectivity index (χ2n) is 7.06. The Morgan fingerprint density at radius 3 is 2.54 bits per heavy atom. The Kier molecular flexibility index (Phi) is 5.04. The molecule has 2 heterocycles. The third kappa shape index (κ3) is 3.59. The Hall–Kier alpha value is -3.24. The Bertz CT molecular complexity index is 1020. The van der Waals surface area contributed by atoms with Crippen LogP contribution in [-0.2, 0) is 4.74 Å². The molecule has 1 saturated carbocycles. The molecule has 142 valence electrons. The van der Waals surface area contributed by atoms with Gasteiger partial charge in [0.05, 0.1) is 28.6 Å². The molecular formula is C21H22N6O. The number of methoxy groups -OCH3 is 1. The lowest BCUT2D eigenvalue weighted by Gasteiger charge is -2.28. The summed E-state index contributed by atoms with van der Waals surface area (Å²) >= 11 is 0. The number of hydrogen-bond acceptors (Lipinski definition) is 7. The molecule has 1 fully saturated rings. The lowest BCUT2D eigenvalue weighted by atomic mass is 9.93. The number of nitrogen functional groups attached to an aromatic ring is 1. The van der Waals surface area contributed by atoms with Crippen LogP contribution in [0.1, 0.15) is 31.2 Å². The van der Waals surface area contributed by atoms with Crippen LogP contribution in [0.2, 0.25) is 0 Å². The quantitative estimate of drug-likeness (QED) is 0.719. The molecule has 3 aromatic rings. The van der Waals surface area contributed by atoms with Crippen molar-refractivity contribution < 1.29 is 4.74 Å². The highest BCUT2D eigenvalue weighted by atomic mass is 16.5. The van der Waals surface area contributed by atoms with Gasteiger partial charge in [0.25, 0.3) is 0 Å². The van der Waals surface area contributed by atoms with Crippen LogP contribution in [0.4, 0.5) is 11.8 Å². The average Bonchev–Trinajstić information content (AvgIpc) is 2.75. The number of hydrogen-bond donors (Lipinski definition) is 2. The fourth-order valence-corrected chi connectivity index (χ4v) is 3.67. The van der Waals surface area contributed by atoms with Gasteiger partial charge in [-0.05, 0) is 43.4 Å². The maximum Gasteiger partial charge on any atom is 0.223 e. The number of anilines is 2. The van der Waals surface area contributed by atoms with Crippen molar-refractivity contribution in [2.24, 2.45) is 0 Å². The van der Waals surface area contributed by atoms with E-state index in [4.69, 9.17) is 20.7 Å². The first-order valence-electron chi connectivity index (χ1n) is 9.39. The van der Waals surface area contributed by atoms with E-state index in [0.29, 0.717) is 29.5 Å². The number of aromatic nitrogens is 3. The molecule has 0 spiro atoms. The highest BCUT2D eigenvalue weighted by Crippen LogP contribution is 2.30. The molecule has 3 N–H and O–H groups in total. The van der Waals surface area contributed by atoms with Crippen molar-refractivity contribution in [1.29, 1.82) is 5.26 Å². The number of fused-ring (bicyclic) bond motifs is 1. The predicted octanol–water partition coefficient (Wildman–Crippen LogP) is 3.52. The Labute approximate surface area is 163 Å². The van der Waals surface area contributed by atoms with Crippen molar-refractivity contribution in [2.45, 2.75) is 37.8 Å². The SMILES string of the molecule is COC1CCC(Nc2ncc3c(N)ncc(-c4ccc(C#N)cc4)c3n2)CC1. The molecule has 0 bridgehead atoms. The summed E-state index contributed by atoms with van der Waals surface area (Å²) in [5.41, 5.74) is 9.20. The van der Waals surface area contributed by atoms with Crippen LogP contribution in [0.25, 0.3) is 22.0 Å². The first kappa shape index (κ1) is 18.1. The molecule has 0 saturated heterocycles. The molecule has 0 unspecified atom stereocenters. The van der Waals surface area contributed by atoms with Crippen LogP contribution in [0.3, 0.4) is 0 Å². The van der Waals surface area contributed by atoms with Gasteiger partial charge in [-0.25, -0.2) is 15.0 Å². The fourth-order valence-electron chi connectivity index (χ4n) is 3.67. The third-order valence-corrected chi connectivity index (χ3v) is 5.32. The number of nitrogens with one attached hydrogen (secondary N) is 1. The van der Waals surface area contributed by atoms with Crippen LogP contribution in [0.5, 0.6) is 0 Å². The minimum absolute atomic E-state index is 0.335. The maximum atomic E-state index is 9.02. The average molecular weight is 374 g/mol. The number of nitriles is 1. The van der Waals surface area contributed by atoms with Gasteiger partial charge in [-0.2, -0.15) is 5.26 Å². The molecule has 0 amide bonds. The van der Waals surface area contributed by atoms with E-state index >= 15 is 0 Å². The molecule has 7 nitrogen and oxygen atoms in total. The lowest BCUT2D eigenvalue weighted by Crippen LogP contribution is -2.29. The monoisotopic (exact) mass is 374 g/mol. The molecule has 1 aliphatic carbocycles. The number of nitrogens with zero attached hydrogens (tertiary/aromatic N) is 4. The summed E-state index contributed by atoms with van der Waals surface area (Å²) in [7, 11) is 1.77. The van der Waals surface area contributed by atoms with Crippen LogP contribution in [0.15, 0.2) is 36.7 Å². The second kappa shape index (κ2) is 7.79. The summed E-state index contributed by atoms with van der Waals surface area (Å²) in [6.07, 6.45) is 7.93. The third-order valence-electron chi connectivity index (χ3n) is 5.32. The summed E-state index contributed by atoms with van der Waals surface area (Å²) in [6, 6.07) is 9.83. The smallest absolute Gasteiger partial charge is 0.223 e. The van der Waals surface area contributed by atoms with Gasteiger partial charge in [-0.3, -0.25) is 0 Å². The first-order chi connectivity index (χ1) is 13.7. The maximum absolute atomic E-state index is 9.02. The van der Waals surface area contributed by atoms with Crippen LogP contribution < -0.4 is 11.1 Å². The minimum Gasteiger partial charge on any atom is -0.383 e. The van der Waals surface area contributed by atoms with E-state index in [1.807, 2.05) is 12.1 Å². The molecule has 0 aliphatic heterocycles. The summed E-state index contributed by atoms with van der Waals surface area (Å²) in [4.78, 5) is 13.5. The zero-order chi connectivity index (χ0) is 19.5. The highest BCUT2D eigenvalue weighted by Gasteiger charge is 2.21. The standard InChI is InChI=1S/C21H22N6O/c1-28-16-8-6-15(7-9-16)26-21-25-12-18-19(27-21)17(11-24-20(18)23)14-4-2-13(10-22)3-5-14/h2-5,11-12,15-16H,6-9H2,1H3,(H2,23,24)(H,25,26,27). The van der Waals surface area contributed by atoms with Crippen LogP contribution in [0, 0.1) is 11.3 Å². The largest absolute Gasteiger partial charge is 0.383 e. The van der Waals surface area contributed by atoms with E-state index in [1.165, 1.54) is 0 Å². The van der Waals surface area contributed by atoms with Crippen molar-refractivity contribution in [3.63, 3.8) is 0 Å². The van der Waals surface area contributed by atoms with E-state index in [0.717, 1.165) is 47.7 Å². The summed E-state index contributed by atoms with van der Waals surface area (Å²) < 4.78 is 5.44. The van der Waals surface area contributed by atoms with Gasteiger partial charge < -0.3 is 15.8 Å². The molecule has 28 heavy (non-hydrogen) atoms. The van der Waals surface area contributed by atoms with Gasteiger partial charge in [-0.15, -0.1) is 0 Å². The van der Waals surface area contributed by atoms with Gasteiger partial charge in [0.1, 0.15) is 5.82 Å². The zero-order valence-corrected chi connectivity index (χ0v) is 15.7. The Morgan fingerprint density at radius 2 is 1.86 bits per heavy atom. The van der Waals surface area contributed by atoms with Gasteiger partial charge in [0.2, 0.25) is 5.95 Å². The van der Waals surface area contributed by atoms with Gasteiger partial charge in [0, 0.05) is 31.1 Å². The molecule has 7 heteroatoms. The van der Waals surface area contributed by atoms with Crippen LogP contribution >= 0.6 is 0 Å². The van der Waals surface area contributed by atoms with E-state index in [1.54, 1.807) is 31.6 Å². The second-order valence-corrected chi connectivity index (χ2v) is 7.06. The van der Waals surface area contributed by atoms with Crippen molar-refractivity contribution in [2.75, 3.05) is 18.2 Å². The molecular weight excluding hydrogens is 352 g/mol. The van der Waals surface area contributed by atoms with Crippen molar-refractivity contribution >= 4 is 22.7 Å². The Morgan fingerprint density at radius 1 is 1.11 bits per heavy atom. The van der Waals surface area contributed by atoms with E-state index in [-0.39, 0.29) is 0 Å². The normalized spacial score (nSPS) is 19.3.